The number of hydrogen-bond acceptors (Lipinski definition) is 7. The first kappa shape index (κ1) is 20.4. The fourth-order valence-electron chi connectivity index (χ4n) is 4.04. The first-order chi connectivity index (χ1) is 15.7. The molecule has 9 nitrogen and oxygen atoms in total. The van der Waals surface area contributed by atoms with Gasteiger partial charge in [0.15, 0.2) is 5.65 Å². The van der Waals surface area contributed by atoms with Gasteiger partial charge in [0.25, 0.3) is 0 Å². The lowest BCUT2D eigenvalue weighted by atomic mass is 10.1. The summed E-state index contributed by atoms with van der Waals surface area (Å²) in [6.07, 6.45) is 11.1. The van der Waals surface area contributed by atoms with Gasteiger partial charge < -0.3 is 10.1 Å². The molecule has 5 rings (SSSR count). The number of piperidine rings is 1. The van der Waals surface area contributed by atoms with E-state index in [9.17, 15) is 0 Å². The number of fused-ring (bicyclic) bond motifs is 1. The Labute approximate surface area is 187 Å². The molecule has 3 aromatic heterocycles. The largest absolute Gasteiger partial charge is 0.492 e. The minimum atomic E-state index is 0.516. The van der Waals surface area contributed by atoms with E-state index in [0.717, 1.165) is 34.6 Å². The molecule has 1 N–H and O–H groups in total. The van der Waals surface area contributed by atoms with Gasteiger partial charge in [-0.3, -0.25) is 9.58 Å². The van der Waals surface area contributed by atoms with Crippen molar-refractivity contribution in [3.05, 3.63) is 54.6 Å². The zero-order chi connectivity index (χ0) is 21.8. The van der Waals surface area contributed by atoms with E-state index in [2.05, 4.69) is 42.5 Å². The molecule has 1 aromatic carbocycles. The summed E-state index contributed by atoms with van der Waals surface area (Å²) in [5, 5.41) is 12.8. The Morgan fingerprint density at radius 3 is 2.81 bits per heavy atom. The van der Waals surface area contributed by atoms with Gasteiger partial charge >= 0.3 is 0 Å². The predicted molar refractivity (Wildman–Crippen MR) is 123 cm³/mol. The van der Waals surface area contributed by atoms with Gasteiger partial charge in [-0.05, 0) is 43.6 Å². The topological polar surface area (TPSA) is 85.9 Å². The smallest absolute Gasteiger partial charge is 0.229 e. The van der Waals surface area contributed by atoms with Gasteiger partial charge in [-0.15, -0.1) is 0 Å². The number of nitrogens with zero attached hydrogens (tertiary/aromatic N) is 7. The quantitative estimate of drug-likeness (QED) is 0.457. The summed E-state index contributed by atoms with van der Waals surface area (Å²) in [6, 6.07) is 8.21. The van der Waals surface area contributed by atoms with Gasteiger partial charge in [-0.25, -0.2) is 9.67 Å². The molecule has 32 heavy (non-hydrogen) atoms. The average molecular weight is 433 g/mol. The van der Waals surface area contributed by atoms with Gasteiger partial charge in [0.05, 0.1) is 30.0 Å². The molecule has 9 heteroatoms. The zero-order valence-corrected chi connectivity index (χ0v) is 18.3. The molecule has 0 atom stereocenters. The maximum atomic E-state index is 6.03. The summed E-state index contributed by atoms with van der Waals surface area (Å²) in [4.78, 5) is 11.5. The molecule has 0 aliphatic carbocycles. The van der Waals surface area contributed by atoms with Crippen LogP contribution in [-0.4, -0.2) is 60.7 Å². The lowest BCUT2D eigenvalue weighted by molar-refractivity contribution is 0.183. The van der Waals surface area contributed by atoms with Crippen LogP contribution in [-0.2, 0) is 13.6 Å². The van der Waals surface area contributed by atoms with Gasteiger partial charge in [0.2, 0.25) is 5.95 Å². The highest BCUT2D eigenvalue weighted by atomic mass is 16.5. The summed E-state index contributed by atoms with van der Waals surface area (Å²) in [5.41, 5.74) is 2.74. The number of anilines is 2. The molecule has 1 saturated heterocycles. The lowest BCUT2D eigenvalue weighted by Crippen LogP contribution is -2.33. The van der Waals surface area contributed by atoms with Crippen LogP contribution in [0.4, 0.5) is 11.6 Å². The third-order valence-corrected chi connectivity index (χ3v) is 5.69. The Morgan fingerprint density at radius 1 is 1.06 bits per heavy atom. The van der Waals surface area contributed by atoms with E-state index in [1.165, 1.54) is 32.4 Å². The number of aromatic nitrogens is 6. The molecule has 4 heterocycles. The van der Waals surface area contributed by atoms with Crippen LogP contribution in [0.2, 0.25) is 0 Å². The molecule has 4 aromatic rings. The van der Waals surface area contributed by atoms with Crippen molar-refractivity contribution >= 4 is 22.7 Å². The summed E-state index contributed by atoms with van der Waals surface area (Å²) < 4.78 is 9.64. The highest BCUT2D eigenvalue weighted by Gasteiger charge is 2.11. The van der Waals surface area contributed by atoms with E-state index in [0.29, 0.717) is 19.1 Å². The van der Waals surface area contributed by atoms with Crippen molar-refractivity contribution < 1.29 is 4.74 Å². The van der Waals surface area contributed by atoms with Crippen LogP contribution >= 0.6 is 0 Å². The number of aryl methyl sites for hydroxylation is 1. The molecule has 0 radical (unpaired) electrons. The SMILES string of the molecule is Cn1cc(Nc2ncc3cnn(Cc4cccc(OCCN5CCCCC5)c4)c3n2)cn1. The number of rotatable bonds is 8. The Kier molecular flexibility index (Phi) is 5.98. The van der Waals surface area contributed by atoms with Crippen LogP contribution in [0.15, 0.2) is 49.1 Å². The molecule has 0 bridgehead atoms. The molecular weight excluding hydrogens is 404 g/mol. The van der Waals surface area contributed by atoms with Crippen LogP contribution in [0, 0.1) is 0 Å². The second-order valence-electron chi connectivity index (χ2n) is 8.20. The van der Waals surface area contributed by atoms with Crippen molar-refractivity contribution in [2.45, 2.75) is 25.8 Å². The molecule has 1 fully saturated rings. The third kappa shape index (κ3) is 4.88. The standard InChI is InChI=1S/C23H28N8O/c1-29-17-20(15-25-29)27-23-24-13-19-14-26-31(22(19)28-23)16-18-6-5-7-21(12-18)32-11-10-30-8-3-2-4-9-30/h5-7,12-15,17H,2-4,8-11,16H2,1H3,(H,24,27,28). The zero-order valence-electron chi connectivity index (χ0n) is 18.3. The number of benzene rings is 1. The Bertz CT molecular complexity index is 1180. The number of nitrogens with one attached hydrogen (secondary N) is 1. The highest BCUT2D eigenvalue weighted by molar-refractivity contribution is 5.75. The fourth-order valence-corrected chi connectivity index (χ4v) is 4.04. The fraction of sp³-hybridized carbons (Fsp3) is 0.391. The van der Waals surface area contributed by atoms with Crippen LogP contribution in [0.1, 0.15) is 24.8 Å². The summed E-state index contributed by atoms with van der Waals surface area (Å²) >= 11 is 0. The molecular formula is C23H28N8O. The van der Waals surface area contributed by atoms with Crippen LogP contribution in [0.5, 0.6) is 5.75 Å². The maximum absolute atomic E-state index is 6.03. The van der Waals surface area contributed by atoms with Crippen LogP contribution in [0.25, 0.3) is 11.0 Å². The van der Waals surface area contributed by atoms with Crippen molar-refractivity contribution in [3.8, 4) is 5.75 Å². The monoisotopic (exact) mass is 432 g/mol. The minimum absolute atomic E-state index is 0.516. The number of hydrogen-bond donors (Lipinski definition) is 1. The van der Waals surface area contributed by atoms with Crippen LogP contribution in [0.3, 0.4) is 0 Å². The lowest BCUT2D eigenvalue weighted by Gasteiger charge is -2.26. The Hall–Kier alpha value is -3.46. The van der Waals surface area contributed by atoms with Crippen molar-refractivity contribution in [3.63, 3.8) is 0 Å². The van der Waals surface area contributed by atoms with Crippen molar-refractivity contribution in [1.29, 1.82) is 0 Å². The maximum Gasteiger partial charge on any atom is 0.229 e. The average Bonchev–Trinajstić information content (AvgIpc) is 3.40. The molecule has 0 unspecified atom stereocenters. The van der Waals surface area contributed by atoms with E-state index in [4.69, 9.17) is 4.74 Å². The van der Waals surface area contributed by atoms with Crippen molar-refractivity contribution in [2.75, 3.05) is 31.6 Å². The molecule has 1 aliphatic rings. The van der Waals surface area contributed by atoms with Gasteiger partial charge in [0.1, 0.15) is 12.4 Å². The van der Waals surface area contributed by atoms with Crippen molar-refractivity contribution in [1.82, 2.24) is 34.4 Å². The first-order valence-electron chi connectivity index (χ1n) is 11.1. The van der Waals surface area contributed by atoms with Gasteiger partial charge in [0, 0.05) is 26.0 Å². The van der Waals surface area contributed by atoms with Crippen molar-refractivity contribution in [2.24, 2.45) is 7.05 Å². The second kappa shape index (κ2) is 9.35. The van der Waals surface area contributed by atoms with E-state index < -0.39 is 0 Å². The molecule has 0 amide bonds. The van der Waals surface area contributed by atoms with Gasteiger partial charge in [-0.1, -0.05) is 18.6 Å². The third-order valence-electron chi connectivity index (χ3n) is 5.69. The summed E-state index contributed by atoms with van der Waals surface area (Å²) in [5.74, 6) is 1.41. The Morgan fingerprint density at radius 2 is 1.97 bits per heavy atom. The van der Waals surface area contributed by atoms with E-state index in [-0.39, 0.29) is 0 Å². The summed E-state index contributed by atoms with van der Waals surface area (Å²) in [7, 11) is 1.87. The summed E-state index contributed by atoms with van der Waals surface area (Å²) in [6.45, 7) is 4.68. The first-order valence-corrected chi connectivity index (χ1v) is 11.1. The number of likely N-dealkylation sites (tertiary alicyclic amines) is 1. The normalized spacial score (nSPS) is 14.7. The molecule has 0 spiro atoms. The molecule has 166 valence electrons. The van der Waals surface area contributed by atoms with E-state index in [1.54, 1.807) is 23.3 Å². The second-order valence-corrected chi connectivity index (χ2v) is 8.20. The highest BCUT2D eigenvalue weighted by Crippen LogP contribution is 2.19. The van der Waals surface area contributed by atoms with Crippen LogP contribution < -0.4 is 10.1 Å². The van der Waals surface area contributed by atoms with Gasteiger partial charge in [-0.2, -0.15) is 15.2 Å². The number of ether oxygens (including phenoxy) is 1. The van der Waals surface area contributed by atoms with E-state index in [1.807, 2.05) is 30.1 Å². The minimum Gasteiger partial charge on any atom is -0.492 e. The Balaban J connectivity index is 1.25. The molecule has 1 aliphatic heterocycles. The molecule has 0 saturated carbocycles. The predicted octanol–water partition coefficient (Wildman–Crippen LogP) is 3.22. The van der Waals surface area contributed by atoms with E-state index >= 15 is 0 Å².